The van der Waals surface area contributed by atoms with Gasteiger partial charge < -0.3 is 5.11 Å². The number of benzene rings is 2. The van der Waals surface area contributed by atoms with Crippen LogP contribution in [0.15, 0.2) is 59.1 Å². The molecule has 2 aromatic carbocycles. The smallest absolute Gasteiger partial charge is 0.319 e. The molecule has 0 saturated heterocycles. The maximum atomic E-state index is 9.89. The van der Waals surface area contributed by atoms with Gasteiger partial charge in [0.25, 0.3) is 0 Å². The molecule has 3 aromatic rings. The number of nitrogens with zero attached hydrogens (tertiary/aromatic N) is 3. The minimum atomic E-state index is -0.124. The average Bonchev–Trinajstić information content (AvgIpc) is 2.83. The molecule has 0 fully saturated rings. The van der Waals surface area contributed by atoms with Crippen LogP contribution in [0.25, 0.3) is 17.1 Å². The van der Waals surface area contributed by atoms with Crippen molar-refractivity contribution < 1.29 is 5.11 Å². The Hall–Kier alpha value is -2.14. The van der Waals surface area contributed by atoms with E-state index >= 15 is 0 Å². The van der Waals surface area contributed by atoms with Crippen molar-refractivity contribution >= 4 is 15.9 Å². The lowest BCUT2D eigenvalue weighted by Crippen LogP contribution is -1.96. The van der Waals surface area contributed by atoms with Gasteiger partial charge in [-0.1, -0.05) is 51.4 Å². The first kappa shape index (κ1) is 11.9. The van der Waals surface area contributed by atoms with Crippen LogP contribution >= 0.6 is 15.9 Å². The zero-order chi connectivity index (χ0) is 13.2. The number of halogens is 1. The molecule has 1 aromatic heterocycles. The van der Waals surface area contributed by atoms with Crippen LogP contribution in [0.5, 0.6) is 6.01 Å². The summed E-state index contributed by atoms with van der Waals surface area (Å²) in [7, 11) is 0. The Kier molecular flexibility index (Phi) is 3.05. The Morgan fingerprint density at radius 2 is 1.58 bits per heavy atom. The van der Waals surface area contributed by atoms with E-state index in [4.69, 9.17) is 0 Å². The van der Waals surface area contributed by atoms with E-state index in [2.05, 4.69) is 26.1 Å². The van der Waals surface area contributed by atoms with Crippen molar-refractivity contribution in [3.8, 4) is 23.1 Å². The average molecular weight is 316 g/mol. The first-order valence-corrected chi connectivity index (χ1v) is 6.51. The number of hydrogen-bond donors (Lipinski definition) is 1. The van der Waals surface area contributed by atoms with Gasteiger partial charge in [0.15, 0.2) is 5.82 Å². The molecule has 0 aliphatic carbocycles. The number of aromatic nitrogens is 3. The maximum absolute atomic E-state index is 9.89. The Labute approximate surface area is 118 Å². The fourth-order valence-electron chi connectivity index (χ4n) is 1.88. The zero-order valence-electron chi connectivity index (χ0n) is 9.86. The lowest BCUT2D eigenvalue weighted by molar-refractivity contribution is 0.420. The molecule has 3 rings (SSSR count). The Morgan fingerprint density at radius 1 is 0.895 bits per heavy atom. The highest BCUT2D eigenvalue weighted by Gasteiger charge is 2.14. The molecular formula is C14H10BrN3O. The van der Waals surface area contributed by atoms with E-state index in [0.717, 1.165) is 15.7 Å². The first-order valence-electron chi connectivity index (χ1n) is 5.71. The third-order valence-electron chi connectivity index (χ3n) is 2.76. The molecule has 0 unspecified atom stereocenters. The topological polar surface area (TPSA) is 50.9 Å². The minimum Gasteiger partial charge on any atom is -0.479 e. The summed E-state index contributed by atoms with van der Waals surface area (Å²) < 4.78 is 2.59. The van der Waals surface area contributed by atoms with Crippen LogP contribution in [0, 0.1) is 0 Å². The van der Waals surface area contributed by atoms with E-state index < -0.39 is 0 Å². The van der Waals surface area contributed by atoms with Gasteiger partial charge in [0.1, 0.15) is 0 Å². The van der Waals surface area contributed by atoms with Crippen LogP contribution in [-0.2, 0) is 0 Å². The molecule has 4 nitrogen and oxygen atoms in total. The third kappa shape index (κ3) is 2.24. The third-order valence-corrected chi connectivity index (χ3v) is 3.29. The predicted octanol–water partition coefficient (Wildman–Crippen LogP) is 3.40. The van der Waals surface area contributed by atoms with Crippen molar-refractivity contribution in [2.45, 2.75) is 0 Å². The number of rotatable bonds is 2. The molecule has 5 heteroatoms. The van der Waals surface area contributed by atoms with Gasteiger partial charge >= 0.3 is 6.01 Å². The standard InChI is InChI=1S/C14H10BrN3O/c15-11-6-8-12(9-7-11)18-13(16-17-14(18)19)10-4-2-1-3-5-10/h1-9H,(H,17,19). The van der Waals surface area contributed by atoms with Gasteiger partial charge in [-0.15, -0.1) is 5.10 Å². The van der Waals surface area contributed by atoms with Crippen molar-refractivity contribution in [3.05, 3.63) is 59.1 Å². The second kappa shape index (κ2) is 4.85. The van der Waals surface area contributed by atoms with E-state index in [0.29, 0.717) is 5.82 Å². The Balaban J connectivity index is 2.17. The van der Waals surface area contributed by atoms with Crippen molar-refractivity contribution in [1.29, 1.82) is 0 Å². The molecule has 19 heavy (non-hydrogen) atoms. The van der Waals surface area contributed by atoms with Crippen molar-refractivity contribution in [3.63, 3.8) is 0 Å². The second-order valence-electron chi connectivity index (χ2n) is 4.00. The molecule has 1 heterocycles. The van der Waals surface area contributed by atoms with E-state index in [1.807, 2.05) is 54.6 Å². The largest absolute Gasteiger partial charge is 0.479 e. The van der Waals surface area contributed by atoms with Crippen LogP contribution < -0.4 is 0 Å². The molecule has 1 N–H and O–H groups in total. The monoisotopic (exact) mass is 315 g/mol. The molecular weight excluding hydrogens is 306 g/mol. The van der Waals surface area contributed by atoms with E-state index in [9.17, 15) is 5.11 Å². The summed E-state index contributed by atoms with van der Waals surface area (Å²) in [6.07, 6.45) is 0. The minimum absolute atomic E-state index is 0.124. The summed E-state index contributed by atoms with van der Waals surface area (Å²) in [4.78, 5) is 0. The fourth-order valence-corrected chi connectivity index (χ4v) is 2.14. The Morgan fingerprint density at radius 3 is 2.26 bits per heavy atom. The van der Waals surface area contributed by atoms with Crippen LogP contribution in [0.4, 0.5) is 0 Å². The summed E-state index contributed by atoms with van der Waals surface area (Å²) in [6, 6.07) is 17.1. The molecule has 94 valence electrons. The van der Waals surface area contributed by atoms with Crippen LogP contribution in [0.2, 0.25) is 0 Å². The SMILES string of the molecule is Oc1nnc(-c2ccccc2)n1-c1ccc(Br)cc1. The van der Waals surface area contributed by atoms with Crippen molar-refractivity contribution in [2.24, 2.45) is 0 Å². The summed E-state index contributed by atoms with van der Waals surface area (Å²) in [5.74, 6) is 0.612. The lowest BCUT2D eigenvalue weighted by atomic mass is 10.2. The maximum Gasteiger partial charge on any atom is 0.319 e. The molecule has 0 saturated carbocycles. The fraction of sp³-hybridized carbons (Fsp3) is 0. The van der Waals surface area contributed by atoms with Gasteiger partial charge in [-0.25, -0.2) is 4.57 Å². The van der Waals surface area contributed by atoms with Crippen LogP contribution in [0.3, 0.4) is 0 Å². The molecule has 0 radical (unpaired) electrons. The van der Waals surface area contributed by atoms with Gasteiger partial charge in [0.2, 0.25) is 0 Å². The molecule has 0 spiro atoms. The summed E-state index contributed by atoms with van der Waals surface area (Å²) >= 11 is 3.39. The van der Waals surface area contributed by atoms with E-state index in [1.165, 1.54) is 0 Å². The van der Waals surface area contributed by atoms with Gasteiger partial charge in [0, 0.05) is 10.0 Å². The quantitative estimate of drug-likeness (QED) is 0.788. The number of hydrogen-bond acceptors (Lipinski definition) is 3. The van der Waals surface area contributed by atoms with E-state index in [-0.39, 0.29) is 6.01 Å². The van der Waals surface area contributed by atoms with Crippen LogP contribution in [0.1, 0.15) is 0 Å². The Bertz CT molecular complexity index is 692. The van der Waals surface area contributed by atoms with Gasteiger partial charge in [-0.05, 0) is 24.3 Å². The molecule has 0 amide bonds. The highest BCUT2D eigenvalue weighted by atomic mass is 79.9. The zero-order valence-corrected chi connectivity index (χ0v) is 11.4. The summed E-state index contributed by atoms with van der Waals surface area (Å²) in [6.45, 7) is 0. The van der Waals surface area contributed by atoms with Crippen LogP contribution in [-0.4, -0.2) is 19.9 Å². The highest BCUT2D eigenvalue weighted by molar-refractivity contribution is 9.10. The van der Waals surface area contributed by atoms with Crippen molar-refractivity contribution in [2.75, 3.05) is 0 Å². The predicted molar refractivity (Wildman–Crippen MR) is 76.2 cm³/mol. The molecule has 0 aliphatic heterocycles. The second-order valence-corrected chi connectivity index (χ2v) is 4.92. The summed E-state index contributed by atoms with van der Waals surface area (Å²) in [5, 5.41) is 17.7. The molecule has 0 aliphatic rings. The highest BCUT2D eigenvalue weighted by Crippen LogP contribution is 2.26. The van der Waals surface area contributed by atoms with Gasteiger partial charge in [-0.3, -0.25) is 0 Å². The number of aromatic hydroxyl groups is 1. The van der Waals surface area contributed by atoms with Gasteiger partial charge in [-0.2, -0.15) is 0 Å². The lowest BCUT2D eigenvalue weighted by Gasteiger charge is -2.07. The van der Waals surface area contributed by atoms with Gasteiger partial charge in [0.05, 0.1) is 5.69 Å². The molecule has 0 bridgehead atoms. The van der Waals surface area contributed by atoms with E-state index in [1.54, 1.807) is 4.57 Å². The normalized spacial score (nSPS) is 10.6. The first-order chi connectivity index (χ1) is 9.25. The summed E-state index contributed by atoms with van der Waals surface area (Å²) in [5.41, 5.74) is 1.71. The molecule has 0 atom stereocenters. The van der Waals surface area contributed by atoms with Crippen molar-refractivity contribution in [1.82, 2.24) is 14.8 Å².